The Morgan fingerprint density at radius 1 is 1.31 bits per heavy atom. The highest BCUT2D eigenvalue weighted by Gasteiger charge is 2.37. The normalized spacial score (nSPS) is 15.9. The second kappa shape index (κ2) is 4.77. The SMILES string of the molecule is [CH2]CC(C)(O)C(C)(C)Cc1cccc(Cl)c1. The third kappa shape index (κ3) is 2.99. The van der Waals surface area contributed by atoms with E-state index in [4.69, 9.17) is 11.6 Å². The molecule has 1 aromatic rings. The fourth-order valence-corrected chi connectivity index (χ4v) is 1.90. The maximum Gasteiger partial charge on any atom is 0.0673 e. The molecule has 1 unspecified atom stereocenters. The van der Waals surface area contributed by atoms with Crippen LogP contribution in [0.5, 0.6) is 0 Å². The Kier molecular flexibility index (Phi) is 4.03. The van der Waals surface area contributed by atoms with Gasteiger partial charge in [-0.25, -0.2) is 0 Å². The highest BCUT2D eigenvalue weighted by molar-refractivity contribution is 6.30. The van der Waals surface area contributed by atoms with Crippen LogP contribution in [-0.4, -0.2) is 10.7 Å². The van der Waals surface area contributed by atoms with Crippen molar-refractivity contribution in [1.29, 1.82) is 0 Å². The first-order valence-corrected chi connectivity index (χ1v) is 5.92. The Morgan fingerprint density at radius 2 is 1.94 bits per heavy atom. The van der Waals surface area contributed by atoms with Crippen molar-refractivity contribution in [2.24, 2.45) is 5.41 Å². The maximum atomic E-state index is 10.3. The lowest BCUT2D eigenvalue weighted by Crippen LogP contribution is -2.42. The van der Waals surface area contributed by atoms with Crippen LogP contribution in [-0.2, 0) is 6.42 Å². The van der Waals surface area contributed by atoms with E-state index in [1.54, 1.807) is 0 Å². The predicted octanol–water partition coefficient (Wildman–Crippen LogP) is 3.88. The molecule has 1 atom stereocenters. The highest BCUT2D eigenvalue weighted by Crippen LogP contribution is 2.36. The third-order valence-corrected chi connectivity index (χ3v) is 3.71. The second-order valence-corrected chi connectivity index (χ2v) is 5.65. The zero-order valence-corrected chi connectivity index (χ0v) is 11.0. The molecule has 0 saturated carbocycles. The van der Waals surface area contributed by atoms with Crippen LogP contribution >= 0.6 is 11.6 Å². The molecule has 1 radical (unpaired) electrons. The summed E-state index contributed by atoms with van der Waals surface area (Å²) in [5.74, 6) is 0. The molecule has 0 aliphatic carbocycles. The number of rotatable bonds is 4. The van der Waals surface area contributed by atoms with Gasteiger partial charge < -0.3 is 5.11 Å². The highest BCUT2D eigenvalue weighted by atomic mass is 35.5. The Balaban J connectivity index is 2.88. The maximum absolute atomic E-state index is 10.3. The van der Waals surface area contributed by atoms with Crippen LogP contribution in [0.25, 0.3) is 0 Å². The molecule has 16 heavy (non-hydrogen) atoms. The van der Waals surface area contributed by atoms with E-state index in [-0.39, 0.29) is 5.41 Å². The van der Waals surface area contributed by atoms with E-state index in [9.17, 15) is 5.11 Å². The van der Waals surface area contributed by atoms with Gasteiger partial charge in [0.2, 0.25) is 0 Å². The van der Waals surface area contributed by atoms with Crippen LogP contribution in [0.4, 0.5) is 0 Å². The first-order chi connectivity index (χ1) is 7.28. The average molecular weight is 240 g/mol. The Bertz CT molecular complexity index is 356. The number of hydrogen-bond donors (Lipinski definition) is 1. The average Bonchev–Trinajstić information content (AvgIpc) is 2.16. The number of halogens is 1. The van der Waals surface area contributed by atoms with E-state index in [0.29, 0.717) is 6.42 Å². The van der Waals surface area contributed by atoms with Gasteiger partial charge in [-0.15, -0.1) is 0 Å². The zero-order valence-electron chi connectivity index (χ0n) is 10.3. The summed E-state index contributed by atoms with van der Waals surface area (Å²) < 4.78 is 0. The van der Waals surface area contributed by atoms with Crippen LogP contribution in [0, 0.1) is 12.3 Å². The Morgan fingerprint density at radius 3 is 2.44 bits per heavy atom. The van der Waals surface area contributed by atoms with Gasteiger partial charge in [-0.1, -0.05) is 44.5 Å². The molecule has 2 heteroatoms. The van der Waals surface area contributed by atoms with E-state index < -0.39 is 5.60 Å². The molecule has 0 fully saturated rings. The molecule has 0 saturated heterocycles. The van der Waals surface area contributed by atoms with Crippen LogP contribution in [0.3, 0.4) is 0 Å². The molecule has 0 heterocycles. The summed E-state index contributed by atoms with van der Waals surface area (Å²) in [7, 11) is 0. The number of benzene rings is 1. The van der Waals surface area contributed by atoms with Gasteiger partial charge in [0, 0.05) is 5.02 Å². The minimum Gasteiger partial charge on any atom is -0.390 e. The minimum absolute atomic E-state index is 0.223. The van der Waals surface area contributed by atoms with E-state index in [0.717, 1.165) is 17.0 Å². The standard InChI is InChI=1S/C14H20ClO/c1-5-14(4,16)13(2,3)10-11-7-6-8-12(15)9-11/h6-9,16H,1,5,10H2,2-4H3. The van der Waals surface area contributed by atoms with Gasteiger partial charge in [0.25, 0.3) is 0 Å². The summed E-state index contributed by atoms with van der Waals surface area (Å²) >= 11 is 5.95. The smallest absolute Gasteiger partial charge is 0.0673 e. The molecule has 1 rings (SSSR count). The monoisotopic (exact) mass is 239 g/mol. The molecule has 1 N–H and O–H groups in total. The van der Waals surface area contributed by atoms with E-state index in [2.05, 4.69) is 20.8 Å². The van der Waals surface area contributed by atoms with Crippen LogP contribution < -0.4 is 0 Å². The Labute approximate surface area is 103 Å². The molecule has 0 amide bonds. The van der Waals surface area contributed by atoms with Crippen LogP contribution in [0.1, 0.15) is 32.8 Å². The fraction of sp³-hybridized carbons (Fsp3) is 0.500. The third-order valence-electron chi connectivity index (χ3n) is 3.48. The van der Waals surface area contributed by atoms with E-state index in [1.807, 2.05) is 31.2 Å². The van der Waals surface area contributed by atoms with Gasteiger partial charge >= 0.3 is 0 Å². The van der Waals surface area contributed by atoms with Gasteiger partial charge in [0.15, 0.2) is 0 Å². The largest absolute Gasteiger partial charge is 0.390 e. The number of aliphatic hydroxyl groups is 1. The molecule has 0 aromatic heterocycles. The van der Waals surface area contributed by atoms with Gasteiger partial charge in [-0.2, -0.15) is 0 Å². The van der Waals surface area contributed by atoms with Crippen molar-refractivity contribution in [2.45, 2.75) is 39.2 Å². The van der Waals surface area contributed by atoms with Crippen molar-refractivity contribution in [3.63, 3.8) is 0 Å². The van der Waals surface area contributed by atoms with Crippen molar-refractivity contribution in [3.8, 4) is 0 Å². The molecule has 89 valence electrons. The second-order valence-electron chi connectivity index (χ2n) is 5.21. The minimum atomic E-state index is -0.769. The summed E-state index contributed by atoms with van der Waals surface area (Å²) in [5, 5.41) is 11.0. The Hall–Kier alpha value is -0.530. The molecule has 0 spiro atoms. The zero-order chi connectivity index (χ0) is 12.4. The van der Waals surface area contributed by atoms with Crippen molar-refractivity contribution in [3.05, 3.63) is 41.8 Å². The predicted molar refractivity (Wildman–Crippen MR) is 69.5 cm³/mol. The molecule has 1 aromatic carbocycles. The summed E-state index contributed by atoms with van der Waals surface area (Å²) in [5.41, 5.74) is 0.153. The summed E-state index contributed by atoms with van der Waals surface area (Å²) in [4.78, 5) is 0. The molecular formula is C14H20ClO. The lowest BCUT2D eigenvalue weighted by atomic mass is 9.71. The van der Waals surface area contributed by atoms with Crippen molar-refractivity contribution in [2.75, 3.05) is 0 Å². The fourth-order valence-electron chi connectivity index (χ4n) is 1.69. The number of hydrogen-bond acceptors (Lipinski definition) is 1. The topological polar surface area (TPSA) is 20.2 Å². The van der Waals surface area contributed by atoms with E-state index in [1.165, 1.54) is 0 Å². The molecule has 1 nitrogen and oxygen atoms in total. The first kappa shape index (κ1) is 13.5. The van der Waals surface area contributed by atoms with Crippen LogP contribution in [0.15, 0.2) is 24.3 Å². The van der Waals surface area contributed by atoms with Gasteiger partial charge in [0.1, 0.15) is 0 Å². The van der Waals surface area contributed by atoms with Crippen molar-refractivity contribution < 1.29 is 5.11 Å². The molecule has 0 bridgehead atoms. The van der Waals surface area contributed by atoms with E-state index >= 15 is 0 Å². The van der Waals surface area contributed by atoms with Crippen molar-refractivity contribution in [1.82, 2.24) is 0 Å². The molecule has 0 aliphatic heterocycles. The summed E-state index contributed by atoms with van der Waals surface area (Å²) in [6.07, 6.45) is 1.29. The van der Waals surface area contributed by atoms with Crippen molar-refractivity contribution >= 4 is 11.6 Å². The lowest BCUT2D eigenvalue weighted by Gasteiger charge is -2.39. The quantitative estimate of drug-likeness (QED) is 0.846. The molecule has 0 aliphatic rings. The van der Waals surface area contributed by atoms with Crippen LogP contribution in [0.2, 0.25) is 5.02 Å². The summed E-state index contributed by atoms with van der Waals surface area (Å²) in [6.45, 7) is 9.75. The molecular weight excluding hydrogens is 220 g/mol. The van der Waals surface area contributed by atoms with Gasteiger partial charge in [-0.3, -0.25) is 0 Å². The lowest BCUT2D eigenvalue weighted by molar-refractivity contribution is -0.0489. The first-order valence-electron chi connectivity index (χ1n) is 5.54. The van der Waals surface area contributed by atoms with Gasteiger partial charge in [-0.05, 0) is 42.9 Å². The summed E-state index contributed by atoms with van der Waals surface area (Å²) in [6, 6.07) is 7.78. The van der Waals surface area contributed by atoms with Gasteiger partial charge in [0.05, 0.1) is 5.60 Å².